The first-order chi connectivity index (χ1) is 10.2. The Kier molecular flexibility index (Phi) is 3.42. The van der Waals surface area contributed by atoms with E-state index in [9.17, 15) is 4.79 Å². The summed E-state index contributed by atoms with van der Waals surface area (Å²) >= 11 is 0. The number of carbonyl (C=O) groups excluding carboxylic acids is 1. The third kappa shape index (κ3) is 2.93. The molecule has 0 bridgehead atoms. The number of urea groups is 1. The van der Waals surface area contributed by atoms with Crippen molar-refractivity contribution < 1.29 is 4.79 Å². The first kappa shape index (κ1) is 13.9. The van der Waals surface area contributed by atoms with Gasteiger partial charge in [-0.2, -0.15) is 0 Å². The minimum atomic E-state index is 0.0791. The van der Waals surface area contributed by atoms with Gasteiger partial charge in [0.1, 0.15) is 0 Å². The second-order valence-electron chi connectivity index (χ2n) is 8.61. The molecule has 1 atom stereocenters. The smallest absolute Gasteiger partial charge is 0.315 e. The molecule has 2 amide bonds. The van der Waals surface area contributed by atoms with Crippen molar-refractivity contribution in [1.29, 1.82) is 0 Å². The molecule has 0 aromatic carbocycles. The summed E-state index contributed by atoms with van der Waals surface area (Å²) < 4.78 is 0. The molecule has 0 aromatic heterocycles. The number of nitrogens with one attached hydrogen (secondary N) is 2. The average Bonchev–Trinajstić information content (AvgIpc) is 3.09. The van der Waals surface area contributed by atoms with Crippen LogP contribution in [0.5, 0.6) is 0 Å². The van der Waals surface area contributed by atoms with E-state index in [1.807, 2.05) is 0 Å². The minimum Gasteiger partial charge on any atom is -0.338 e. The molecule has 2 spiro atoms. The highest BCUT2D eigenvalue weighted by atomic mass is 16.2. The monoisotopic (exact) mass is 290 g/mol. The van der Waals surface area contributed by atoms with Crippen molar-refractivity contribution in [3.8, 4) is 0 Å². The van der Waals surface area contributed by atoms with E-state index < -0.39 is 0 Å². The van der Waals surface area contributed by atoms with E-state index in [4.69, 9.17) is 0 Å². The molecule has 21 heavy (non-hydrogen) atoms. The van der Waals surface area contributed by atoms with Gasteiger partial charge in [-0.3, -0.25) is 0 Å². The van der Waals surface area contributed by atoms with Crippen molar-refractivity contribution in [2.45, 2.75) is 83.1 Å². The highest BCUT2D eigenvalue weighted by Gasteiger charge is 2.47. The summed E-state index contributed by atoms with van der Waals surface area (Å²) in [5.74, 6) is 0.884. The third-order valence-electron chi connectivity index (χ3n) is 6.93. The lowest BCUT2D eigenvalue weighted by molar-refractivity contribution is -0.0270. The van der Waals surface area contributed by atoms with Crippen molar-refractivity contribution in [2.24, 2.45) is 16.7 Å². The zero-order valence-electron chi connectivity index (χ0n) is 13.3. The zero-order chi connectivity index (χ0) is 14.3. The number of rotatable bonds is 4. The molecule has 0 aliphatic heterocycles. The van der Waals surface area contributed by atoms with Gasteiger partial charge in [0.25, 0.3) is 0 Å². The molecular weight excluding hydrogens is 260 g/mol. The molecule has 4 rings (SSSR count). The van der Waals surface area contributed by atoms with Crippen molar-refractivity contribution >= 4 is 6.03 Å². The Morgan fingerprint density at radius 1 is 0.952 bits per heavy atom. The average molecular weight is 290 g/mol. The molecule has 1 unspecified atom stereocenters. The fraction of sp³-hybridized carbons (Fsp3) is 0.944. The van der Waals surface area contributed by atoms with Crippen molar-refractivity contribution in [3.05, 3.63) is 0 Å². The number of hydrogen-bond acceptors (Lipinski definition) is 1. The largest absolute Gasteiger partial charge is 0.338 e. The Labute approximate surface area is 128 Å². The van der Waals surface area contributed by atoms with Gasteiger partial charge in [0.05, 0.1) is 0 Å². The van der Waals surface area contributed by atoms with Gasteiger partial charge in [0.2, 0.25) is 0 Å². The number of hydrogen-bond donors (Lipinski definition) is 2. The third-order valence-corrected chi connectivity index (χ3v) is 6.93. The van der Waals surface area contributed by atoms with Crippen molar-refractivity contribution in [3.63, 3.8) is 0 Å². The molecule has 4 fully saturated rings. The van der Waals surface area contributed by atoms with Crippen LogP contribution in [0, 0.1) is 16.7 Å². The maximum absolute atomic E-state index is 12.0. The maximum atomic E-state index is 12.0. The molecule has 0 saturated heterocycles. The summed E-state index contributed by atoms with van der Waals surface area (Å²) in [5.41, 5.74) is 1.41. The van der Waals surface area contributed by atoms with E-state index in [1.165, 1.54) is 77.0 Å². The molecule has 0 heterocycles. The van der Waals surface area contributed by atoms with Crippen LogP contribution < -0.4 is 10.6 Å². The molecular formula is C18H30N2O. The molecule has 4 aliphatic rings. The molecule has 0 radical (unpaired) electrons. The second kappa shape index (κ2) is 5.17. The van der Waals surface area contributed by atoms with Crippen LogP contribution in [0.3, 0.4) is 0 Å². The summed E-state index contributed by atoms with van der Waals surface area (Å²) in [6, 6.07) is 0.513. The molecule has 118 valence electrons. The summed E-state index contributed by atoms with van der Waals surface area (Å²) in [5, 5.41) is 6.30. The van der Waals surface area contributed by atoms with E-state index in [0.29, 0.717) is 11.5 Å². The fourth-order valence-electron chi connectivity index (χ4n) is 5.28. The Morgan fingerprint density at radius 2 is 1.71 bits per heavy atom. The van der Waals surface area contributed by atoms with Gasteiger partial charge in [-0.05, 0) is 81.0 Å². The Bertz CT molecular complexity index is 403. The minimum absolute atomic E-state index is 0.0791. The fourth-order valence-corrected chi connectivity index (χ4v) is 5.28. The predicted octanol–water partition coefficient (Wildman–Crippen LogP) is 3.98. The van der Waals surface area contributed by atoms with Crippen LogP contribution >= 0.6 is 0 Å². The van der Waals surface area contributed by atoms with Crippen molar-refractivity contribution in [2.75, 3.05) is 6.54 Å². The highest BCUT2D eigenvalue weighted by Crippen LogP contribution is 2.59. The van der Waals surface area contributed by atoms with Gasteiger partial charge in [-0.25, -0.2) is 4.79 Å². The number of carbonyl (C=O) groups is 1. The van der Waals surface area contributed by atoms with Crippen LogP contribution in [-0.2, 0) is 0 Å². The van der Waals surface area contributed by atoms with Gasteiger partial charge >= 0.3 is 6.03 Å². The van der Waals surface area contributed by atoms with Crippen LogP contribution in [0.1, 0.15) is 77.0 Å². The number of amides is 2. The maximum Gasteiger partial charge on any atom is 0.315 e. The van der Waals surface area contributed by atoms with Gasteiger partial charge in [0, 0.05) is 12.6 Å². The predicted molar refractivity (Wildman–Crippen MR) is 84.1 cm³/mol. The van der Waals surface area contributed by atoms with E-state index in [2.05, 4.69) is 10.6 Å². The lowest BCUT2D eigenvalue weighted by Gasteiger charge is -2.54. The van der Waals surface area contributed by atoms with Crippen molar-refractivity contribution in [1.82, 2.24) is 10.6 Å². The molecule has 4 saturated carbocycles. The van der Waals surface area contributed by atoms with Gasteiger partial charge in [-0.15, -0.1) is 0 Å². The van der Waals surface area contributed by atoms with Gasteiger partial charge in [0.15, 0.2) is 0 Å². The summed E-state index contributed by atoms with van der Waals surface area (Å²) in [6.45, 7) is 0.866. The Balaban J connectivity index is 1.11. The zero-order valence-corrected chi connectivity index (χ0v) is 13.3. The SMILES string of the molecule is O=C(NCCC1CC2(CCC2)C1)NC1CCCC2(CC2)C1. The highest BCUT2D eigenvalue weighted by molar-refractivity contribution is 5.74. The van der Waals surface area contributed by atoms with Crippen LogP contribution in [0.2, 0.25) is 0 Å². The lowest BCUT2D eigenvalue weighted by atomic mass is 9.51. The van der Waals surface area contributed by atoms with E-state index >= 15 is 0 Å². The Hall–Kier alpha value is -0.730. The molecule has 2 N–H and O–H groups in total. The molecule has 3 heteroatoms. The van der Waals surface area contributed by atoms with E-state index in [1.54, 1.807) is 0 Å². The van der Waals surface area contributed by atoms with Crippen LogP contribution in [0.25, 0.3) is 0 Å². The molecule has 0 aromatic rings. The van der Waals surface area contributed by atoms with Gasteiger partial charge < -0.3 is 10.6 Å². The summed E-state index contributed by atoms with van der Waals surface area (Å²) in [6.07, 6.45) is 16.4. The second-order valence-corrected chi connectivity index (χ2v) is 8.61. The molecule has 4 aliphatic carbocycles. The first-order valence-corrected chi connectivity index (χ1v) is 9.22. The first-order valence-electron chi connectivity index (χ1n) is 9.22. The standard InChI is InChI=1S/C18H30N2O/c21-16(20-15-3-1-5-17(13-15)8-9-17)19-10-4-14-11-18(12-14)6-2-7-18/h14-15H,1-13H2,(H2,19,20,21). The normalized spacial score (nSPS) is 32.3. The lowest BCUT2D eigenvalue weighted by Crippen LogP contribution is -2.46. The van der Waals surface area contributed by atoms with Crippen LogP contribution in [0.4, 0.5) is 4.79 Å². The van der Waals surface area contributed by atoms with Crippen LogP contribution in [0.15, 0.2) is 0 Å². The molecule has 3 nitrogen and oxygen atoms in total. The summed E-state index contributed by atoms with van der Waals surface area (Å²) in [7, 11) is 0. The Morgan fingerprint density at radius 3 is 2.38 bits per heavy atom. The topological polar surface area (TPSA) is 41.1 Å². The van der Waals surface area contributed by atoms with Crippen LogP contribution in [-0.4, -0.2) is 18.6 Å². The summed E-state index contributed by atoms with van der Waals surface area (Å²) in [4.78, 5) is 12.0. The quantitative estimate of drug-likeness (QED) is 0.808. The van der Waals surface area contributed by atoms with Gasteiger partial charge in [-0.1, -0.05) is 12.8 Å². The van der Waals surface area contributed by atoms with E-state index in [0.717, 1.165) is 17.9 Å². The van der Waals surface area contributed by atoms with E-state index in [-0.39, 0.29) is 6.03 Å².